The molecule has 2 aliphatic rings. The zero-order chi connectivity index (χ0) is 20.7. The van der Waals surface area contributed by atoms with E-state index in [0.717, 1.165) is 51.3 Å². The average Bonchev–Trinajstić information content (AvgIpc) is 3.26. The van der Waals surface area contributed by atoms with E-state index in [1.165, 1.54) is 0 Å². The third kappa shape index (κ3) is 6.42. The lowest BCUT2D eigenvalue weighted by molar-refractivity contribution is 0.0200. The molecule has 164 valence electrons. The van der Waals surface area contributed by atoms with Gasteiger partial charge < -0.3 is 19.5 Å². The molecule has 3 heterocycles. The molecule has 3 atom stereocenters. The Bertz CT molecular complexity index is 746. The van der Waals surface area contributed by atoms with Crippen LogP contribution in [0.4, 0.5) is 0 Å². The van der Waals surface area contributed by atoms with Crippen LogP contribution in [0.1, 0.15) is 38.6 Å². The number of hydrogen-bond acceptors (Lipinski definition) is 5. The SMILES string of the molecule is CN=C(NCCS(=O)(=O)NCC1CCCCO1)N1CCC(C)C(n2ccnc2)C1. The maximum absolute atomic E-state index is 12.3. The van der Waals surface area contributed by atoms with Crippen molar-refractivity contribution in [2.45, 2.75) is 44.8 Å². The van der Waals surface area contributed by atoms with Crippen molar-refractivity contribution in [2.75, 3.05) is 45.6 Å². The van der Waals surface area contributed by atoms with E-state index in [0.29, 0.717) is 25.0 Å². The van der Waals surface area contributed by atoms with E-state index >= 15 is 0 Å². The van der Waals surface area contributed by atoms with Gasteiger partial charge in [0.25, 0.3) is 0 Å². The zero-order valence-electron chi connectivity index (χ0n) is 17.5. The van der Waals surface area contributed by atoms with Crippen LogP contribution in [0.5, 0.6) is 0 Å². The van der Waals surface area contributed by atoms with Crippen molar-refractivity contribution < 1.29 is 13.2 Å². The molecule has 2 saturated heterocycles. The Labute approximate surface area is 174 Å². The molecule has 3 rings (SSSR count). The van der Waals surface area contributed by atoms with Crippen LogP contribution < -0.4 is 10.0 Å². The van der Waals surface area contributed by atoms with E-state index in [9.17, 15) is 8.42 Å². The second-order valence-corrected chi connectivity index (χ2v) is 9.85. The van der Waals surface area contributed by atoms with Gasteiger partial charge >= 0.3 is 0 Å². The van der Waals surface area contributed by atoms with Crippen molar-refractivity contribution in [3.8, 4) is 0 Å². The number of guanidine groups is 1. The van der Waals surface area contributed by atoms with E-state index in [4.69, 9.17) is 4.74 Å². The lowest BCUT2D eigenvalue weighted by Gasteiger charge is -2.39. The first kappa shape index (κ1) is 22.0. The van der Waals surface area contributed by atoms with Gasteiger partial charge in [-0.3, -0.25) is 4.99 Å². The van der Waals surface area contributed by atoms with Crippen LogP contribution in [-0.4, -0.2) is 80.5 Å². The minimum Gasteiger partial charge on any atom is -0.377 e. The van der Waals surface area contributed by atoms with Crippen LogP contribution in [-0.2, 0) is 14.8 Å². The number of piperidine rings is 1. The van der Waals surface area contributed by atoms with Crippen molar-refractivity contribution in [3.05, 3.63) is 18.7 Å². The molecule has 0 saturated carbocycles. The van der Waals surface area contributed by atoms with Gasteiger partial charge in [-0.25, -0.2) is 18.1 Å². The van der Waals surface area contributed by atoms with Gasteiger partial charge in [-0.15, -0.1) is 0 Å². The summed E-state index contributed by atoms with van der Waals surface area (Å²) in [7, 11) is -1.61. The molecule has 3 unspecified atom stereocenters. The standard InChI is InChI=1S/C19H34N6O3S/c1-16-6-9-24(14-18(16)25-10-7-21-15-25)19(20-2)22-8-12-29(26,27)23-13-17-5-3-4-11-28-17/h7,10,15-18,23H,3-6,8-9,11-14H2,1-2H3,(H,20,22). The second-order valence-electron chi connectivity index (χ2n) is 7.92. The molecule has 0 radical (unpaired) electrons. The van der Waals surface area contributed by atoms with Gasteiger partial charge in [0, 0.05) is 52.2 Å². The highest BCUT2D eigenvalue weighted by molar-refractivity contribution is 7.89. The molecule has 1 aromatic rings. The van der Waals surface area contributed by atoms with Crippen molar-refractivity contribution in [1.29, 1.82) is 0 Å². The van der Waals surface area contributed by atoms with Gasteiger partial charge in [0.15, 0.2) is 5.96 Å². The third-order valence-corrected chi connectivity index (χ3v) is 7.14. The summed E-state index contributed by atoms with van der Waals surface area (Å²) < 4.78 is 35.0. The number of nitrogens with one attached hydrogen (secondary N) is 2. The molecule has 0 bridgehead atoms. The molecule has 2 aliphatic heterocycles. The average molecular weight is 427 g/mol. The molecule has 0 spiro atoms. The molecular weight excluding hydrogens is 392 g/mol. The number of aliphatic imine (C=N–C) groups is 1. The molecule has 0 amide bonds. The number of likely N-dealkylation sites (tertiary alicyclic amines) is 1. The second kappa shape index (κ2) is 10.4. The molecular formula is C19H34N6O3S. The summed E-state index contributed by atoms with van der Waals surface area (Å²) >= 11 is 0. The predicted octanol–water partition coefficient (Wildman–Crippen LogP) is 0.830. The highest BCUT2D eigenvalue weighted by Crippen LogP contribution is 2.27. The molecule has 0 aliphatic carbocycles. The Morgan fingerprint density at radius 1 is 1.34 bits per heavy atom. The summed E-state index contributed by atoms with van der Waals surface area (Å²) in [6.07, 6.45) is 9.76. The fraction of sp³-hybridized carbons (Fsp3) is 0.789. The van der Waals surface area contributed by atoms with Gasteiger partial charge in [-0.1, -0.05) is 6.92 Å². The van der Waals surface area contributed by atoms with Gasteiger partial charge in [-0.05, 0) is 31.6 Å². The Kier molecular flexibility index (Phi) is 7.91. The molecule has 10 heteroatoms. The monoisotopic (exact) mass is 426 g/mol. The zero-order valence-corrected chi connectivity index (χ0v) is 18.3. The summed E-state index contributed by atoms with van der Waals surface area (Å²) in [5, 5.41) is 3.21. The van der Waals surface area contributed by atoms with E-state index in [-0.39, 0.29) is 11.9 Å². The minimum absolute atomic E-state index is 0.00491. The number of ether oxygens (including phenoxy) is 1. The van der Waals surface area contributed by atoms with E-state index in [1.54, 1.807) is 13.2 Å². The van der Waals surface area contributed by atoms with Crippen LogP contribution in [0, 0.1) is 5.92 Å². The van der Waals surface area contributed by atoms with Crippen molar-refractivity contribution in [1.82, 2.24) is 24.5 Å². The molecule has 2 fully saturated rings. The van der Waals surface area contributed by atoms with Gasteiger partial charge in [-0.2, -0.15) is 0 Å². The Hall–Kier alpha value is -1.65. The fourth-order valence-corrected chi connectivity index (χ4v) is 4.94. The molecule has 29 heavy (non-hydrogen) atoms. The van der Waals surface area contributed by atoms with Crippen LogP contribution in [0.15, 0.2) is 23.7 Å². The quantitative estimate of drug-likeness (QED) is 0.495. The Balaban J connectivity index is 1.46. The van der Waals surface area contributed by atoms with Crippen molar-refractivity contribution >= 4 is 16.0 Å². The van der Waals surface area contributed by atoms with E-state index in [1.807, 2.05) is 12.5 Å². The largest absolute Gasteiger partial charge is 0.377 e. The Morgan fingerprint density at radius 3 is 2.90 bits per heavy atom. The number of rotatable bonds is 7. The number of aromatic nitrogens is 2. The van der Waals surface area contributed by atoms with Crippen LogP contribution >= 0.6 is 0 Å². The first-order chi connectivity index (χ1) is 14.0. The normalized spacial score (nSPS) is 26.5. The molecule has 1 aromatic heterocycles. The van der Waals surface area contributed by atoms with Crippen molar-refractivity contribution in [2.24, 2.45) is 10.9 Å². The van der Waals surface area contributed by atoms with E-state index in [2.05, 4.69) is 36.4 Å². The number of nitrogens with zero attached hydrogens (tertiary/aromatic N) is 4. The topological polar surface area (TPSA) is 101 Å². The molecule has 9 nitrogen and oxygen atoms in total. The lowest BCUT2D eigenvalue weighted by atomic mass is 9.93. The Morgan fingerprint density at radius 2 is 2.21 bits per heavy atom. The first-order valence-corrected chi connectivity index (χ1v) is 12.2. The third-order valence-electron chi connectivity index (χ3n) is 5.80. The minimum atomic E-state index is -3.35. The maximum Gasteiger partial charge on any atom is 0.213 e. The van der Waals surface area contributed by atoms with Gasteiger partial charge in [0.1, 0.15) is 0 Å². The molecule has 2 N–H and O–H groups in total. The summed E-state index contributed by atoms with van der Waals surface area (Å²) in [4.78, 5) is 10.7. The fourth-order valence-electron chi connectivity index (χ4n) is 3.98. The first-order valence-electron chi connectivity index (χ1n) is 10.5. The highest BCUT2D eigenvalue weighted by atomic mass is 32.2. The number of imidazole rings is 1. The smallest absolute Gasteiger partial charge is 0.213 e. The summed E-state index contributed by atoms with van der Waals surface area (Å²) in [5.74, 6) is 1.30. The number of sulfonamides is 1. The summed E-state index contributed by atoms with van der Waals surface area (Å²) in [6, 6.07) is 0.325. The van der Waals surface area contributed by atoms with Crippen LogP contribution in [0.3, 0.4) is 0 Å². The van der Waals surface area contributed by atoms with Crippen LogP contribution in [0.2, 0.25) is 0 Å². The molecule has 0 aromatic carbocycles. The summed E-state index contributed by atoms with van der Waals surface area (Å²) in [5.41, 5.74) is 0. The number of hydrogen-bond donors (Lipinski definition) is 2. The van der Waals surface area contributed by atoms with Crippen LogP contribution in [0.25, 0.3) is 0 Å². The van der Waals surface area contributed by atoms with Gasteiger partial charge in [0.05, 0.1) is 24.2 Å². The summed E-state index contributed by atoms with van der Waals surface area (Å²) in [6.45, 7) is 5.37. The van der Waals surface area contributed by atoms with E-state index < -0.39 is 10.0 Å². The van der Waals surface area contributed by atoms with Crippen molar-refractivity contribution in [3.63, 3.8) is 0 Å². The maximum atomic E-state index is 12.3. The predicted molar refractivity (Wildman–Crippen MR) is 113 cm³/mol. The lowest BCUT2D eigenvalue weighted by Crippen LogP contribution is -2.50. The van der Waals surface area contributed by atoms with Gasteiger partial charge in [0.2, 0.25) is 10.0 Å². The highest BCUT2D eigenvalue weighted by Gasteiger charge is 2.29.